The van der Waals surface area contributed by atoms with Crippen LogP contribution in [0.5, 0.6) is 0 Å². The van der Waals surface area contributed by atoms with Gasteiger partial charge in [-0.2, -0.15) is 0 Å². The highest BCUT2D eigenvalue weighted by Crippen LogP contribution is 2.70. The molecule has 0 unspecified atom stereocenters. The SMILES string of the molecule is c1ccc(-c2ccc(-c3cc(-c4ccc5cc(-c6cccc7c6-c6cc8ccccc8cc6C76C7CC8CC(C7)CC6C8)ccc5c4)nc(-c4ccccc4)n3)cc2)cc1. The van der Waals surface area contributed by atoms with Crippen LogP contribution in [0.15, 0.2) is 182 Å². The van der Waals surface area contributed by atoms with E-state index >= 15 is 0 Å². The van der Waals surface area contributed by atoms with Crippen molar-refractivity contribution in [1.82, 2.24) is 9.97 Å². The molecule has 0 saturated heterocycles. The van der Waals surface area contributed by atoms with Gasteiger partial charge < -0.3 is 0 Å². The van der Waals surface area contributed by atoms with Gasteiger partial charge in [0, 0.05) is 22.1 Å². The van der Waals surface area contributed by atoms with Crippen molar-refractivity contribution in [2.75, 3.05) is 0 Å². The van der Waals surface area contributed by atoms with E-state index in [-0.39, 0.29) is 5.41 Å². The first-order valence-electron chi connectivity index (χ1n) is 22.0. The molecule has 0 aliphatic heterocycles. The van der Waals surface area contributed by atoms with Crippen molar-refractivity contribution in [1.29, 1.82) is 0 Å². The average molecular weight is 769 g/mol. The molecule has 0 radical (unpaired) electrons. The van der Waals surface area contributed by atoms with Gasteiger partial charge in [0.1, 0.15) is 0 Å². The molecule has 0 atom stereocenters. The zero-order valence-electron chi connectivity index (χ0n) is 33.6. The summed E-state index contributed by atoms with van der Waals surface area (Å²) in [5, 5.41) is 5.18. The molecule has 1 aromatic heterocycles. The average Bonchev–Trinajstić information content (AvgIpc) is 3.59. The molecule has 286 valence electrons. The largest absolute Gasteiger partial charge is 0.228 e. The van der Waals surface area contributed by atoms with Gasteiger partial charge in [-0.1, -0.05) is 152 Å². The zero-order valence-corrected chi connectivity index (χ0v) is 33.6. The molecule has 4 fully saturated rings. The summed E-state index contributed by atoms with van der Waals surface area (Å²) >= 11 is 0. The Morgan fingerprint density at radius 1 is 0.350 bits per heavy atom. The first-order chi connectivity index (χ1) is 29.7. The van der Waals surface area contributed by atoms with Crippen molar-refractivity contribution in [3.05, 3.63) is 193 Å². The predicted octanol–water partition coefficient (Wildman–Crippen LogP) is 14.8. The second-order valence-electron chi connectivity index (χ2n) is 18.2. The highest BCUT2D eigenvalue weighted by Gasteiger charge is 2.61. The van der Waals surface area contributed by atoms with Crippen molar-refractivity contribution >= 4 is 21.5 Å². The van der Waals surface area contributed by atoms with Crippen LogP contribution >= 0.6 is 0 Å². The first-order valence-corrected chi connectivity index (χ1v) is 22.0. The molecular formula is C58H44N2. The van der Waals surface area contributed by atoms with Gasteiger partial charge in [0.05, 0.1) is 11.4 Å². The lowest BCUT2D eigenvalue weighted by Gasteiger charge is -2.61. The van der Waals surface area contributed by atoms with E-state index in [0.29, 0.717) is 0 Å². The van der Waals surface area contributed by atoms with Crippen LogP contribution in [0.25, 0.3) is 88.8 Å². The topological polar surface area (TPSA) is 25.8 Å². The van der Waals surface area contributed by atoms with E-state index in [2.05, 4.69) is 176 Å². The fraction of sp³-hybridized carbons (Fsp3) is 0.172. The van der Waals surface area contributed by atoms with Crippen molar-refractivity contribution in [2.24, 2.45) is 23.7 Å². The van der Waals surface area contributed by atoms with E-state index < -0.39 is 0 Å². The lowest BCUT2D eigenvalue weighted by atomic mass is 9.43. The van der Waals surface area contributed by atoms with E-state index in [1.807, 2.05) is 6.07 Å². The van der Waals surface area contributed by atoms with Gasteiger partial charge in [-0.05, 0) is 152 Å². The molecule has 1 heterocycles. The van der Waals surface area contributed by atoms with E-state index in [1.165, 1.54) is 87.0 Å². The summed E-state index contributed by atoms with van der Waals surface area (Å²) in [6.45, 7) is 0. The van der Waals surface area contributed by atoms with Crippen molar-refractivity contribution in [3.63, 3.8) is 0 Å². The van der Waals surface area contributed by atoms with Crippen LogP contribution in [0.1, 0.15) is 43.2 Å². The standard InChI is InChI=1S/C58H44N2/c1-3-10-38(11-4-1)39-18-20-40(21-19-39)54-35-55(60-57(59-54)41-12-5-2-6-13-41)47-25-23-44-31-46(24-22-45(44)32-47)50-16-9-17-52-56(50)51-33-42-14-7-8-15-43(42)34-53(51)58(52)48-27-36-26-37(29-48)30-49(58)28-36/h1-25,31-37,48-49H,26-30H2. The van der Waals surface area contributed by atoms with Crippen LogP contribution in [0.4, 0.5) is 0 Å². The Hall–Kier alpha value is -6.64. The van der Waals surface area contributed by atoms with Gasteiger partial charge >= 0.3 is 0 Å². The first kappa shape index (κ1) is 34.2. The molecule has 4 saturated carbocycles. The number of benzene rings is 8. The number of fused-ring (bicyclic) bond motifs is 5. The van der Waals surface area contributed by atoms with Gasteiger partial charge in [0.15, 0.2) is 5.82 Å². The third-order valence-electron chi connectivity index (χ3n) is 15.0. The molecule has 2 nitrogen and oxygen atoms in total. The molecule has 0 N–H and O–H groups in total. The lowest BCUT2D eigenvalue weighted by Crippen LogP contribution is -2.55. The zero-order chi connectivity index (χ0) is 39.4. The molecule has 8 aromatic carbocycles. The Labute approximate surface area is 351 Å². The Balaban J connectivity index is 0.915. The molecule has 2 heteroatoms. The number of aromatic nitrogens is 2. The number of nitrogens with zero attached hydrogens (tertiary/aromatic N) is 2. The van der Waals surface area contributed by atoms with Crippen LogP contribution in [-0.2, 0) is 5.41 Å². The highest BCUT2D eigenvalue weighted by atomic mass is 14.9. The second kappa shape index (κ2) is 13.2. The van der Waals surface area contributed by atoms with Crippen molar-refractivity contribution in [3.8, 4) is 67.3 Å². The number of hydrogen-bond acceptors (Lipinski definition) is 2. The quantitative estimate of drug-likeness (QED) is 0.174. The van der Waals surface area contributed by atoms with Crippen LogP contribution in [0, 0.1) is 23.7 Å². The van der Waals surface area contributed by atoms with Crippen molar-refractivity contribution in [2.45, 2.75) is 37.5 Å². The Kier molecular flexibility index (Phi) is 7.52. The molecular weight excluding hydrogens is 725 g/mol. The maximum Gasteiger partial charge on any atom is 0.160 e. The summed E-state index contributed by atoms with van der Waals surface area (Å²) in [6.07, 6.45) is 7.03. The highest BCUT2D eigenvalue weighted by molar-refractivity contribution is 6.00. The third-order valence-corrected chi connectivity index (χ3v) is 15.0. The predicted molar refractivity (Wildman–Crippen MR) is 247 cm³/mol. The summed E-state index contributed by atoms with van der Waals surface area (Å²) in [5.74, 6) is 4.04. The van der Waals surface area contributed by atoms with Crippen LogP contribution in [-0.4, -0.2) is 9.97 Å². The van der Waals surface area contributed by atoms with E-state index in [1.54, 1.807) is 11.1 Å². The van der Waals surface area contributed by atoms with E-state index in [4.69, 9.17) is 9.97 Å². The van der Waals surface area contributed by atoms with Crippen LogP contribution in [0.3, 0.4) is 0 Å². The monoisotopic (exact) mass is 768 g/mol. The minimum absolute atomic E-state index is 0.128. The minimum atomic E-state index is 0.128. The molecule has 5 aliphatic rings. The third kappa shape index (κ3) is 5.19. The number of rotatable bonds is 5. The summed E-state index contributed by atoms with van der Waals surface area (Å²) < 4.78 is 0. The fourth-order valence-corrected chi connectivity index (χ4v) is 12.7. The van der Waals surface area contributed by atoms with Crippen LogP contribution < -0.4 is 0 Å². The van der Waals surface area contributed by atoms with E-state index in [9.17, 15) is 0 Å². The maximum absolute atomic E-state index is 5.18. The summed E-state index contributed by atoms with van der Waals surface area (Å²) in [6, 6.07) is 67.2. The summed E-state index contributed by atoms with van der Waals surface area (Å²) in [4.78, 5) is 10.3. The normalized spacial score (nSPS) is 22.1. The van der Waals surface area contributed by atoms with Crippen LogP contribution in [0.2, 0.25) is 0 Å². The molecule has 9 aromatic rings. The Bertz CT molecular complexity index is 3120. The second-order valence-corrected chi connectivity index (χ2v) is 18.2. The Morgan fingerprint density at radius 3 is 1.58 bits per heavy atom. The Morgan fingerprint density at radius 2 is 0.883 bits per heavy atom. The number of hydrogen-bond donors (Lipinski definition) is 0. The fourth-order valence-electron chi connectivity index (χ4n) is 12.7. The smallest absolute Gasteiger partial charge is 0.160 e. The summed E-state index contributed by atoms with van der Waals surface area (Å²) in [7, 11) is 0. The lowest BCUT2D eigenvalue weighted by molar-refractivity contribution is -0.0398. The van der Waals surface area contributed by atoms with Crippen molar-refractivity contribution < 1.29 is 0 Å². The van der Waals surface area contributed by atoms with E-state index in [0.717, 1.165) is 57.6 Å². The van der Waals surface area contributed by atoms with Gasteiger partial charge in [-0.3, -0.25) is 0 Å². The molecule has 4 bridgehead atoms. The minimum Gasteiger partial charge on any atom is -0.228 e. The maximum atomic E-state index is 5.18. The molecule has 14 rings (SSSR count). The molecule has 5 aliphatic carbocycles. The molecule has 60 heavy (non-hydrogen) atoms. The van der Waals surface area contributed by atoms with Gasteiger partial charge in [-0.25, -0.2) is 9.97 Å². The van der Waals surface area contributed by atoms with Gasteiger partial charge in [-0.15, -0.1) is 0 Å². The molecule has 0 amide bonds. The summed E-state index contributed by atoms with van der Waals surface area (Å²) in [5.41, 5.74) is 16.4. The van der Waals surface area contributed by atoms with Gasteiger partial charge in [0.2, 0.25) is 0 Å². The molecule has 1 spiro atoms. The van der Waals surface area contributed by atoms with Gasteiger partial charge in [0.25, 0.3) is 0 Å².